The molecule has 4 aromatic carbocycles. The Bertz CT molecular complexity index is 1700. The van der Waals surface area contributed by atoms with Crippen LogP contribution < -0.4 is 9.62 Å². The molecule has 1 N–H and O–H groups in total. The van der Waals surface area contributed by atoms with E-state index >= 15 is 0 Å². The molecule has 0 aromatic heterocycles. The molecule has 0 aliphatic heterocycles. The topological polar surface area (TPSA) is 86.8 Å². The lowest BCUT2D eigenvalue weighted by Crippen LogP contribution is -2.54. The summed E-state index contributed by atoms with van der Waals surface area (Å²) in [5, 5.41) is 3.46. The second-order valence-corrected chi connectivity index (χ2v) is 13.7. The zero-order valence-corrected chi connectivity index (χ0v) is 27.8. The lowest BCUT2D eigenvalue weighted by molar-refractivity contribution is -0.140. The minimum Gasteiger partial charge on any atom is -0.352 e. The van der Waals surface area contributed by atoms with Gasteiger partial charge in [-0.15, -0.1) is 0 Å². The number of benzene rings is 4. The summed E-state index contributed by atoms with van der Waals surface area (Å²) in [4.78, 5) is 29.9. The largest absolute Gasteiger partial charge is 0.352 e. The quantitative estimate of drug-likeness (QED) is 0.166. The molecule has 0 radical (unpaired) electrons. The minimum absolute atomic E-state index is 0.00511. The van der Waals surface area contributed by atoms with E-state index in [9.17, 15) is 18.0 Å². The highest BCUT2D eigenvalue weighted by Gasteiger charge is 2.35. The highest BCUT2D eigenvalue weighted by atomic mass is 35.5. The van der Waals surface area contributed by atoms with Gasteiger partial charge < -0.3 is 10.2 Å². The smallest absolute Gasteiger partial charge is 0.264 e. The lowest BCUT2D eigenvalue weighted by Gasteiger charge is -2.34. The number of nitrogens with one attached hydrogen (secondary N) is 1. The third-order valence-corrected chi connectivity index (χ3v) is 9.68. The monoisotopic (exact) mass is 665 g/mol. The van der Waals surface area contributed by atoms with Gasteiger partial charge in [-0.2, -0.15) is 0 Å². The Labute approximate surface area is 275 Å². The number of anilines is 1. The maximum absolute atomic E-state index is 14.5. The van der Waals surface area contributed by atoms with Crippen LogP contribution in [0, 0.1) is 6.92 Å². The molecule has 0 fully saturated rings. The van der Waals surface area contributed by atoms with Gasteiger partial charge in [0.2, 0.25) is 11.8 Å². The van der Waals surface area contributed by atoms with Crippen LogP contribution in [0.1, 0.15) is 37.0 Å². The number of carbonyl (C=O) groups excluding carboxylic acids is 2. The molecule has 0 spiro atoms. The van der Waals surface area contributed by atoms with Crippen molar-refractivity contribution in [2.24, 2.45) is 0 Å². The van der Waals surface area contributed by atoms with Gasteiger partial charge in [0.1, 0.15) is 12.6 Å². The van der Waals surface area contributed by atoms with Gasteiger partial charge >= 0.3 is 0 Å². The molecule has 0 saturated heterocycles. The Morgan fingerprint density at radius 3 is 2.02 bits per heavy atom. The molecule has 2 unspecified atom stereocenters. The third kappa shape index (κ3) is 9.10. The summed E-state index contributed by atoms with van der Waals surface area (Å²) in [6.07, 6.45) is 0.934. The fraction of sp³-hybridized carbons (Fsp3) is 0.257. The first kappa shape index (κ1) is 34.0. The molecule has 0 saturated carbocycles. The minimum atomic E-state index is -4.26. The van der Waals surface area contributed by atoms with Crippen molar-refractivity contribution in [3.63, 3.8) is 0 Å². The van der Waals surface area contributed by atoms with Crippen molar-refractivity contribution < 1.29 is 18.0 Å². The molecule has 0 aliphatic rings. The van der Waals surface area contributed by atoms with Crippen LogP contribution in [0.5, 0.6) is 0 Å². The van der Waals surface area contributed by atoms with E-state index in [1.807, 2.05) is 75.4 Å². The normalized spacial score (nSPS) is 12.6. The molecule has 0 aliphatic carbocycles. The fourth-order valence-electron chi connectivity index (χ4n) is 4.93. The summed E-state index contributed by atoms with van der Waals surface area (Å²) in [5.74, 6) is -0.884. The van der Waals surface area contributed by atoms with Crippen molar-refractivity contribution in [1.29, 1.82) is 0 Å². The van der Waals surface area contributed by atoms with Crippen LogP contribution in [0.3, 0.4) is 0 Å². The van der Waals surface area contributed by atoms with Crippen LogP contribution in [0.4, 0.5) is 5.69 Å². The summed E-state index contributed by atoms with van der Waals surface area (Å²) >= 11 is 12.6. The standard InChI is InChI=1S/C35H37Cl2N3O4S/c1-4-26(3)38-35(42)33(19-27-13-7-5-8-14-27)39(23-28-15-11-12-25(2)18-28)34(41)24-40(31-21-29(36)20-30(37)22-31)45(43,44)32-16-9-6-10-17-32/h5-18,20-22,26,33H,4,19,23-24H2,1-3H3,(H,38,42). The van der Waals surface area contributed by atoms with Gasteiger partial charge in [0, 0.05) is 29.1 Å². The molecule has 7 nitrogen and oxygen atoms in total. The maximum Gasteiger partial charge on any atom is 0.264 e. The lowest BCUT2D eigenvalue weighted by atomic mass is 10.0. The van der Waals surface area contributed by atoms with Gasteiger partial charge in [-0.25, -0.2) is 8.42 Å². The molecule has 236 valence electrons. The summed E-state index contributed by atoms with van der Waals surface area (Å²) in [6, 6.07) is 28.3. The average Bonchev–Trinajstić information content (AvgIpc) is 3.01. The highest BCUT2D eigenvalue weighted by Crippen LogP contribution is 2.30. The summed E-state index contributed by atoms with van der Waals surface area (Å²) in [7, 11) is -4.26. The summed E-state index contributed by atoms with van der Waals surface area (Å²) < 4.78 is 29.2. The molecule has 10 heteroatoms. The maximum atomic E-state index is 14.5. The van der Waals surface area contributed by atoms with Crippen molar-refractivity contribution in [2.75, 3.05) is 10.8 Å². The average molecular weight is 667 g/mol. The molecule has 2 amide bonds. The van der Waals surface area contributed by atoms with Crippen LogP contribution in [-0.4, -0.2) is 43.8 Å². The molecule has 45 heavy (non-hydrogen) atoms. The molecular formula is C35H37Cl2N3O4S. The number of hydrogen-bond acceptors (Lipinski definition) is 4. The van der Waals surface area contributed by atoms with Gasteiger partial charge in [0.25, 0.3) is 10.0 Å². The van der Waals surface area contributed by atoms with Crippen molar-refractivity contribution in [3.8, 4) is 0 Å². The van der Waals surface area contributed by atoms with Gasteiger partial charge in [0.05, 0.1) is 10.6 Å². The first-order valence-corrected chi connectivity index (χ1v) is 16.9. The molecule has 4 rings (SSSR count). The first-order valence-electron chi connectivity index (χ1n) is 14.7. The van der Waals surface area contributed by atoms with E-state index in [4.69, 9.17) is 23.2 Å². The van der Waals surface area contributed by atoms with Crippen LogP contribution in [0.25, 0.3) is 0 Å². The van der Waals surface area contributed by atoms with E-state index in [0.29, 0.717) is 6.42 Å². The van der Waals surface area contributed by atoms with Crippen LogP contribution >= 0.6 is 23.2 Å². The van der Waals surface area contributed by atoms with Gasteiger partial charge in [-0.05, 0) is 61.7 Å². The second kappa shape index (κ2) is 15.4. The number of amides is 2. The van der Waals surface area contributed by atoms with Crippen molar-refractivity contribution in [3.05, 3.63) is 130 Å². The second-order valence-electron chi connectivity index (χ2n) is 11.0. The molecule has 4 aromatic rings. The van der Waals surface area contributed by atoms with Crippen LogP contribution in [0.2, 0.25) is 10.0 Å². The summed E-state index contributed by atoms with van der Waals surface area (Å²) in [5.41, 5.74) is 2.79. The zero-order valence-electron chi connectivity index (χ0n) is 25.5. The zero-order chi connectivity index (χ0) is 32.6. The third-order valence-electron chi connectivity index (χ3n) is 7.45. The van der Waals surface area contributed by atoms with Crippen LogP contribution in [-0.2, 0) is 32.6 Å². The number of nitrogens with zero attached hydrogens (tertiary/aromatic N) is 2. The number of carbonyl (C=O) groups is 2. The van der Waals surface area contributed by atoms with Crippen LogP contribution in [0.15, 0.2) is 108 Å². The fourth-order valence-corrected chi connectivity index (χ4v) is 6.87. The number of hydrogen-bond donors (Lipinski definition) is 1. The van der Waals surface area contributed by atoms with Crippen molar-refractivity contribution in [2.45, 2.75) is 57.1 Å². The van der Waals surface area contributed by atoms with Gasteiger partial charge in [-0.1, -0.05) is 108 Å². The van der Waals surface area contributed by atoms with Crippen molar-refractivity contribution >= 4 is 50.7 Å². The molecule has 0 heterocycles. The van der Waals surface area contributed by atoms with E-state index in [2.05, 4.69) is 5.32 Å². The Morgan fingerprint density at radius 2 is 1.42 bits per heavy atom. The molecule has 2 atom stereocenters. The highest BCUT2D eigenvalue weighted by molar-refractivity contribution is 7.92. The number of rotatable bonds is 13. The van der Waals surface area contributed by atoms with Gasteiger partial charge in [0.15, 0.2) is 0 Å². The Morgan fingerprint density at radius 1 is 0.822 bits per heavy atom. The van der Waals surface area contributed by atoms with E-state index in [-0.39, 0.29) is 45.5 Å². The van der Waals surface area contributed by atoms with Gasteiger partial charge in [-0.3, -0.25) is 13.9 Å². The predicted octanol–water partition coefficient (Wildman–Crippen LogP) is 7.05. The summed E-state index contributed by atoms with van der Waals surface area (Å²) in [6.45, 7) is 5.31. The van der Waals surface area contributed by atoms with E-state index in [1.54, 1.807) is 18.2 Å². The molecule has 0 bridgehead atoms. The molecular weight excluding hydrogens is 629 g/mol. The Kier molecular flexibility index (Phi) is 11.7. The predicted molar refractivity (Wildman–Crippen MR) is 181 cm³/mol. The van der Waals surface area contributed by atoms with Crippen molar-refractivity contribution in [1.82, 2.24) is 10.2 Å². The SMILES string of the molecule is CCC(C)NC(=O)C(Cc1ccccc1)N(Cc1cccc(C)c1)C(=O)CN(c1cc(Cl)cc(Cl)c1)S(=O)(=O)c1ccccc1. The number of sulfonamides is 1. The van der Waals surface area contributed by atoms with E-state index in [1.165, 1.54) is 35.2 Å². The first-order chi connectivity index (χ1) is 21.5. The Balaban J connectivity index is 1.83. The van der Waals surface area contributed by atoms with E-state index < -0.39 is 28.5 Å². The number of halogens is 2. The number of aryl methyl sites for hydroxylation is 1. The van der Waals surface area contributed by atoms with E-state index in [0.717, 1.165) is 21.0 Å². The Hall–Kier alpha value is -3.85.